The van der Waals surface area contributed by atoms with Crippen LogP contribution in [0.5, 0.6) is 0 Å². The average molecular weight is 363 g/mol. The van der Waals surface area contributed by atoms with Gasteiger partial charge in [-0.15, -0.1) is 0 Å². The van der Waals surface area contributed by atoms with E-state index in [1.807, 2.05) is 0 Å². The van der Waals surface area contributed by atoms with Crippen molar-refractivity contribution in [2.75, 3.05) is 0 Å². The van der Waals surface area contributed by atoms with E-state index in [1.165, 1.54) is 44.2 Å². The number of hydrogen-bond donors (Lipinski definition) is 1. The Morgan fingerprint density at radius 1 is 0.846 bits per heavy atom. The van der Waals surface area contributed by atoms with Crippen LogP contribution in [0.15, 0.2) is 24.3 Å². The molecule has 0 aliphatic heterocycles. The van der Waals surface area contributed by atoms with Crippen molar-refractivity contribution in [1.29, 1.82) is 0 Å². The number of ether oxygens (including phenoxy) is 1. The topological polar surface area (TPSA) is 63.6 Å². The summed E-state index contributed by atoms with van der Waals surface area (Å²) in [4.78, 5) is 23.8. The number of unbranched alkanes of at least 4 members (excludes halogenated alkanes) is 7. The lowest BCUT2D eigenvalue weighted by atomic mass is 10.0. The lowest BCUT2D eigenvalue weighted by Gasteiger charge is -2.18. The van der Waals surface area contributed by atoms with Crippen LogP contribution in [0.2, 0.25) is 0 Å². The van der Waals surface area contributed by atoms with Gasteiger partial charge < -0.3 is 9.84 Å². The van der Waals surface area contributed by atoms with Gasteiger partial charge in [0, 0.05) is 0 Å². The first kappa shape index (κ1) is 22.2. The Hall–Kier alpha value is -1.84. The number of carboxylic acid groups (broad SMARTS) is 1. The first-order valence-corrected chi connectivity index (χ1v) is 10.1. The Kier molecular flexibility index (Phi) is 11.4. The first-order chi connectivity index (χ1) is 12.6. The van der Waals surface area contributed by atoms with E-state index in [9.17, 15) is 14.7 Å². The second-order valence-corrected chi connectivity index (χ2v) is 6.93. The van der Waals surface area contributed by atoms with Gasteiger partial charge >= 0.3 is 11.9 Å². The molecule has 1 aromatic rings. The largest absolute Gasteiger partial charge is 0.478 e. The van der Waals surface area contributed by atoms with E-state index >= 15 is 0 Å². The van der Waals surface area contributed by atoms with Crippen molar-refractivity contribution >= 4 is 11.9 Å². The third-order valence-electron chi connectivity index (χ3n) is 4.66. The molecule has 0 heterocycles. The molecular weight excluding hydrogens is 328 g/mol. The van der Waals surface area contributed by atoms with Crippen LogP contribution in [0.1, 0.15) is 105 Å². The van der Waals surface area contributed by atoms with Gasteiger partial charge in [0.2, 0.25) is 0 Å². The van der Waals surface area contributed by atoms with Gasteiger partial charge in [-0.1, -0.05) is 70.9 Å². The highest BCUT2D eigenvalue weighted by Crippen LogP contribution is 2.19. The molecular formula is C22H34O4. The lowest BCUT2D eigenvalue weighted by molar-refractivity contribution is 0.0244. The number of rotatable bonds is 14. The van der Waals surface area contributed by atoms with E-state index in [4.69, 9.17) is 4.74 Å². The summed E-state index contributed by atoms with van der Waals surface area (Å²) in [6, 6.07) is 6.27. The number of carbonyl (C=O) groups excluding carboxylic acids is 1. The zero-order chi connectivity index (χ0) is 19.2. The molecule has 0 amide bonds. The summed E-state index contributed by atoms with van der Waals surface area (Å²) in [7, 11) is 0. The minimum absolute atomic E-state index is 0.00480. The van der Waals surface area contributed by atoms with E-state index in [-0.39, 0.29) is 17.2 Å². The predicted molar refractivity (Wildman–Crippen MR) is 105 cm³/mol. The van der Waals surface area contributed by atoms with E-state index < -0.39 is 11.9 Å². The maximum Gasteiger partial charge on any atom is 0.339 e. The molecule has 0 aliphatic carbocycles. The molecule has 1 N–H and O–H groups in total. The highest BCUT2D eigenvalue weighted by atomic mass is 16.5. The summed E-state index contributed by atoms with van der Waals surface area (Å²) in [5, 5.41) is 9.27. The molecule has 4 nitrogen and oxygen atoms in total. The summed E-state index contributed by atoms with van der Waals surface area (Å²) in [5.41, 5.74) is 0.148. The second-order valence-electron chi connectivity index (χ2n) is 6.93. The number of aromatic carboxylic acids is 1. The number of carboxylic acids is 1. The van der Waals surface area contributed by atoms with E-state index in [1.54, 1.807) is 12.1 Å². The van der Waals surface area contributed by atoms with Crippen molar-refractivity contribution in [3.63, 3.8) is 0 Å². The molecule has 1 atom stereocenters. The average Bonchev–Trinajstić information content (AvgIpc) is 2.64. The maximum absolute atomic E-state index is 12.5. The Morgan fingerprint density at radius 2 is 1.35 bits per heavy atom. The molecule has 0 radical (unpaired) electrons. The fourth-order valence-corrected chi connectivity index (χ4v) is 3.10. The van der Waals surface area contributed by atoms with Gasteiger partial charge in [0.15, 0.2) is 0 Å². The standard InChI is InChI=1S/C22H34O4/c1-3-5-7-9-11-15-18(14-10-8-6-4-2)26-22(25)20-17-13-12-16-19(20)21(23)24/h12-13,16-18H,3-11,14-15H2,1-2H3,(H,23,24). The highest BCUT2D eigenvalue weighted by Gasteiger charge is 2.20. The number of hydrogen-bond acceptors (Lipinski definition) is 3. The van der Waals surface area contributed by atoms with E-state index in [0.29, 0.717) is 0 Å². The fourth-order valence-electron chi connectivity index (χ4n) is 3.10. The smallest absolute Gasteiger partial charge is 0.339 e. The van der Waals surface area contributed by atoms with Gasteiger partial charge in [-0.05, 0) is 37.8 Å². The molecule has 0 spiro atoms. The predicted octanol–water partition coefficient (Wildman–Crippen LogP) is 6.24. The number of esters is 1. The van der Waals surface area contributed by atoms with Gasteiger partial charge in [-0.2, -0.15) is 0 Å². The van der Waals surface area contributed by atoms with Gasteiger partial charge in [0.1, 0.15) is 6.10 Å². The molecule has 0 saturated carbocycles. The van der Waals surface area contributed by atoms with Crippen LogP contribution < -0.4 is 0 Å². The van der Waals surface area contributed by atoms with Gasteiger partial charge in [-0.3, -0.25) is 0 Å². The SMILES string of the molecule is CCCCCCCC(CCCCCC)OC(=O)c1ccccc1C(=O)O. The maximum atomic E-state index is 12.5. The molecule has 0 fully saturated rings. The van der Waals surface area contributed by atoms with Gasteiger partial charge in [0.25, 0.3) is 0 Å². The molecule has 26 heavy (non-hydrogen) atoms. The van der Waals surface area contributed by atoms with Crippen molar-refractivity contribution in [3.8, 4) is 0 Å². The van der Waals surface area contributed by atoms with Crippen LogP contribution in [-0.2, 0) is 4.74 Å². The number of benzene rings is 1. The summed E-state index contributed by atoms with van der Waals surface area (Å²) in [5.74, 6) is -1.62. The fraction of sp³-hybridized carbons (Fsp3) is 0.636. The molecule has 0 saturated heterocycles. The molecule has 146 valence electrons. The second kappa shape index (κ2) is 13.4. The monoisotopic (exact) mass is 362 g/mol. The summed E-state index contributed by atoms with van der Waals surface area (Å²) < 4.78 is 5.71. The Labute approximate surface area is 158 Å². The summed E-state index contributed by atoms with van der Waals surface area (Å²) in [6.07, 6.45) is 12.0. The van der Waals surface area contributed by atoms with Crippen LogP contribution in [0.25, 0.3) is 0 Å². The van der Waals surface area contributed by atoms with Gasteiger partial charge in [0.05, 0.1) is 11.1 Å². The Bertz CT molecular complexity index is 539. The van der Waals surface area contributed by atoms with E-state index in [0.717, 1.165) is 38.5 Å². The summed E-state index contributed by atoms with van der Waals surface area (Å²) in [6.45, 7) is 4.37. The number of carbonyl (C=O) groups is 2. The van der Waals surface area contributed by atoms with Crippen molar-refractivity contribution in [2.24, 2.45) is 0 Å². The van der Waals surface area contributed by atoms with Crippen LogP contribution in [0.3, 0.4) is 0 Å². The Morgan fingerprint density at radius 3 is 1.88 bits per heavy atom. The minimum Gasteiger partial charge on any atom is -0.478 e. The highest BCUT2D eigenvalue weighted by molar-refractivity contribution is 6.02. The zero-order valence-corrected chi connectivity index (χ0v) is 16.3. The van der Waals surface area contributed by atoms with Gasteiger partial charge in [-0.25, -0.2) is 9.59 Å². The van der Waals surface area contributed by atoms with Crippen molar-refractivity contribution in [2.45, 2.75) is 90.6 Å². The lowest BCUT2D eigenvalue weighted by Crippen LogP contribution is -2.20. The van der Waals surface area contributed by atoms with Crippen LogP contribution in [0, 0.1) is 0 Å². The third kappa shape index (κ3) is 8.50. The third-order valence-corrected chi connectivity index (χ3v) is 4.66. The first-order valence-electron chi connectivity index (χ1n) is 10.1. The minimum atomic E-state index is -1.10. The quantitative estimate of drug-likeness (QED) is 0.314. The molecule has 0 aromatic heterocycles. The van der Waals surface area contributed by atoms with Crippen molar-refractivity contribution in [3.05, 3.63) is 35.4 Å². The Balaban J connectivity index is 2.64. The molecule has 0 bridgehead atoms. The molecule has 1 rings (SSSR count). The van der Waals surface area contributed by atoms with Crippen molar-refractivity contribution in [1.82, 2.24) is 0 Å². The van der Waals surface area contributed by atoms with Crippen LogP contribution >= 0.6 is 0 Å². The molecule has 0 aliphatic rings. The normalized spacial score (nSPS) is 11.9. The molecule has 1 aromatic carbocycles. The molecule has 4 heteroatoms. The van der Waals surface area contributed by atoms with Crippen LogP contribution in [0.4, 0.5) is 0 Å². The zero-order valence-electron chi connectivity index (χ0n) is 16.3. The molecule has 1 unspecified atom stereocenters. The van der Waals surface area contributed by atoms with E-state index in [2.05, 4.69) is 13.8 Å². The van der Waals surface area contributed by atoms with Crippen LogP contribution in [-0.4, -0.2) is 23.1 Å². The summed E-state index contributed by atoms with van der Waals surface area (Å²) >= 11 is 0. The van der Waals surface area contributed by atoms with Crippen molar-refractivity contribution < 1.29 is 19.4 Å².